The van der Waals surface area contributed by atoms with Crippen molar-refractivity contribution in [1.82, 2.24) is 14.4 Å². The van der Waals surface area contributed by atoms with Gasteiger partial charge in [0, 0.05) is 75.1 Å². The number of nitrogens with zero attached hydrogens (tertiary/aromatic N) is 3. The number of aryl methyl sites for hydroxylation is 1. The molecule has 0 unspecified atom stereocenters. The molecule has 4 rings (SSSR count). The van der Waals surface area contributed by atoms with E-state index in [0.29, 0.717) is 13.0 Å². The van der Waals surface area contributed by atoms with Crippen LogP contribution in [0, 0.1) is 5.82 Å². The molecule has 0 bridgehead atoms. The molecule has 1 aliphatic rings. The molecule has 2 aromatic carbocycles. The number of para-hydroxylation sites is 1. The largest absolute Gasteiger partial charge is 0.396 e. The predicted molar refractivity (Wildman–Crippen MR) is 110 cm³/mol. The van der Waals surface area contributed by atoms with Gasteiger partial charge in [-0.05, 0) is 24.1 Å². The highest BCUT2D eigenvalue weighted by Crippen LogP contribution is 2.24. The average Bonchev–Trinajstić information content (AvgIpc) is 3.02. The minimum atomic E-state index is -0.150. The van der Waals surface area contributed by atoms with E-state index in [0.717, 1.165) is 31.7 Å². The van der Waals surface area contributed by atoms with Gasteiger partial charge in [-0.15, -0.1) is 0 Å². The molecular weight excluding hydrogens is 353 g/mol. The number of halogens is 1. The second-order valence-corrected chi connectivity index (χ2v) is 7.75. The first-order valence-corrected chi connectivity index (χ1v) is 9.99. The van der Waals surface area contributed by atoms with Gasteiger partial charge in [0.15, 0.2) is 0 Å². The Morgan fingerprint density at radius 2 is 1.79 bits per heavy atom. The molecule has 5 heteroatoms. The third kappa shape index (κ3) is 3.97. The van der Waals surface area contributed by atoms with Crippen LogP contribution in [0.2, 0.25) is 0 Å². The maximum Gasteiger partial charge on any atom is 0.127 e. The molecule has 1 N–H and O–H groups in total. The molecule has 1 fully saturated rings. The summed E-state index contributed by atoms with van der Waals surface area (Å²) in [6.07, 6.45) is 2.93. The van der Waals surface area contributed by atoms with E-state index in [2.05, 4.69) is 51.9 Å². The van der Waals surface area contributed by atoms with Gasteiger partial charge in [0.05, 0.1) is 0 Å². The van der Waals surface area contributed by atoms with Crippen LogP contribution in [0.25, 0.3) is 10.9 Å². The lowest BCUT2D eigenvalue weighted by atomic mass is 10.1. The molecule has 4 nitrogen and oxygen atoms in total. The zero-order valence-electron chi connectivity index (χ0n) is 16.4. The van der Waals surface area contributed by atoms with Crippen molar-refractivity contribution in [3.8, 4) is 0 Å². The monoisotopic (exact) mass is 381 g/mol. The van der Waals surface area contributed by atoms with Gasteiger partial charge in [-0.1, -0.05) is 36.4 Å². The van der Waals surface area contributed by atoms with Gasteiger partial charge in [-0.25, -0.2) is 4.39 Å². The summed E-state index contributed by atoms with van der Waals surface area (Å²) >= 11 is 0. The fraction of sp³-hybridized carbons (Fsp3) is 0.391. The van der Waals surface area contributed by atoms with Crippen molar-refractivity contribution in [2.24, 2.45) is 7.05 Å². The first kappa shape index (κ1) is 19.1. The fourth-order valence-electron chi connectivity index (χ4n) is 4.37. The standard InChI is InChI=1S/C23H28FN3O/c1-25-14-19(21-7-3-5-9-23(21)25)15-26-11-12-27(20(17-26)10-13-28)16-18-6-2-4-8-22(18)24/h2-9,14,20,28H,10-13,15-17H2,1H3/t20-/m1/s1. The van der Waals surface area contributed by atoms with Crippen molar-refractivity contribution in [3.05, 3.63) is 71.7 Å². The molecule has 148 valence electrons. The summed E-state index contributed by atoms with van der Waals surface area (Å²) in [5.74, 6) is -0.150. The number of aliphatic hydroxyl groups excluding tert-OH is 1. The maximum atomic E-state index is 14.1. The molecular formula is C23H28FN3O. The molecule has 0 radical (unpaired) electrons. The molecule has 0 aliphatic carbocycles. The highest BCUT2D eigenvalue weighted by molar-refractivity contribution is 5.83. The Bertz CT molecular complexity index is 938. The minimum absolute atomic E-state index is 0.150. The lowest BCUT2D eigenvalue weighted by Gasteiger charge is -2.41. The summed E-state index contributed by atoms with van der Waals surface area (Å²) in [5.41, 5.74) is 3.32. The van der Waals surface area contributed by atoms with Crippen LogP contribution in [0.3, 0.4) is 0 Å². The number of fused-ring (bicyclic) bond motifs is 1. The summed E-state index contributed by atoms with van der Waals surface area (Å²) in [6.45, 7) is 4.36. The van der Waals surface area contributed by atoms with Crippen LogP contribution in [0.5, 0.6) is 0 Å². The molecule has 1 atom stereocenters. The zero-order valence-corrected chi connectivity index (χ0v) is 16.4. The highest BCUT2D eigenvalue weighted by atomic mass is 19.1. The number of benzene rings is 2. The van der Waals surface area contributed by atoms with Gasteiger partial charge in [-0.3, -0.25) is 9.80 Å². The van der Waals surface area contributed by atoms with Crippen LogP contribution in [0.15, 0.2) is 54.7 Å². The summed E-state index contributed by atoms with van der Waals surface area (Å²) in [7, 11) is 2.09. The molecule has 0 saturated carbocycles. The number of hydrogen-bond acceptors (Lipinski definition) is 3. The summed E-state index contributed by atoms with van der Waals surface area (Å²) in [4.78, 5) is 4.77. The van der Waals surface area contributed by atoms with Crippen LogP contribution in [-0.2, 0) is 20.1 Å². The molecule has 0 spiro atoms. The predicted octanol–water partition coefficient (Wildman–Crippen LogP) is 3.39. The van der Waals surface area contributed by atoms with E-state index in [1.807, 2.05) is 12.1 Å². The summed E-state index contributed by atoms with van der Waals surface area (Å²) in [5, 5.41) is 10.9. The molecule has 1 aromatic heterocycles. The number of rotatable bonds is 6. The van der Waals surface area contributed by atoms with Gasteiger partial charge >= 0.3 is 0 Å². The van der Waals surface area contributed by atoms with Gasteiger partial charge in [0.1, 0.15) is 5.82 Å². The van der Waals surface area contributed by atoms with Crippen molar-refractivity contribution < 1.29 is 9.50 Å². The molecule has 28 heavy (non-hydrogen) atoms. The highest BCUT2D eigenvalue weighted by Gasteiger charge is 2.27. The van der Waals surface area contributed by atoms with Crippen molar-refractivity contribution in [3.63, 3.8) is 0 Å². The SMILES string of the molecule is Cn1cc(CN2CCN(Cc3ccccc3F)[C@H](CCO)C2)c2ccccc21. The normalized spacial score (nSPS) is 18.8. The lowest BCUT2D eigenvalue weighted by molar-refractivity contribution is 0.0495. The van der Waals surface area contributed by atoms with Crippen LogP contribution in [0.4, 0.5) is 4.39 Å². The second kappa shape index (κ2) is 8.43. The van der Waals surface area contributed by atoms with Crippen LogP contribution in [-0.4, -0.2) is 51.8 Å². The van der Waals surface area contributed by atoms with Crippen molar-refractivity contribution in [2.45, 2.75) is 25.6 Å². The smallest absolute Gasteiger partial charge is 0.127 e. The first-order valence-electron chi connectivity index (χ1n) is 9.99. The number of aromatic nitrogens is 1. The third-order valence-electron chi connectivity index (χ3n) is 5.86. The molecule has 0 amide bonds. The van der Waals surface area contributed by atoms with E-state index in [1.54, 1.807) is 6.07 Å². The van der Waals surface area contributed by atoms with E-state index in [-0.39, 0.29) is 18.5 Å². The van der Waals surface area contributed by atoms with Gasteiger partial charge < -0.3 is 9.67 Å². The van der Waals surface area contributed by atoms with E-state index in [4.69, 9.17) is 0 Å². The van der Waals surface area contributed by atoms with Gasteiger partial charge in [0.2, 0.25) is 0 Å². The Labute approximate surface area is 165 Å². The van der Waals surface area contributed by atoms with Crippen LogP contribution < -0.4 is 0 Å². The Balaban J connectivity index is 1.47. The van der Waals surface area contributed by atoms with E-state index in [1.165, 1.54) is 22.5 Å². The minimum Gasteiger partial charge on any atom is -0.396 e. The number of piperazine rings is 1. The summed E-state index contributed by atoms with van der Waals surface area (Å²) in [6, 6.07) is 15.7. The Morgan fingerprint density at radius 3 is 2.61 bits per heavy atom. The van der Waals surface area contributed by atoms with Crippen molar-refractivity contribution in [1.29, 1.82) is 0 Å². The van der Waals surface area contributed by atoms with Crippen molar-refractivity contribution in [2.75, 3.05) is 26.2 Å². The van der Waals surface area contributed by atoms with Gasteiger partial charge in [0.25, 0.3) is 0 Å². The molecule has 3 aromatic rings. The second-order valence-electron chi connectivity index (χ2n) is 7.75. The fourth-order valence-corrected chi connectivity index (χ4v) is 4.37. The molecule has 1 aliphatic heterocycles. The summed E-state index contributed by atoms with van der Waals surface area (Å²) < 4.78 is 16.3. The Hall–Kier alpha value is -2.21. The maximum absolute atomic E-state index is 14.1. The first-order chi connectivity index (χ1) is 13.7. The quantitative estimate of drug-likeness (QED) is 0.710. The van der Waals surface area contributed by atoms with E-state index >= 15 is 0 Å². The lowest BCUT2D eigenvalue weighted by Crippen LogP contribution is -2.52. The molecule has 2 heterocycles. The van der Waals surface area contributed by atoms with Crippen molar-refractivity contribution >= 4 is 10.9 Å². The topological polar surface area (TPSA) is 31.6 Å². The Kier molecular flexibility index (Phi) is 5.76. The zero-order chi connectivity index (χ0) is 19.5. The Morgan fingerprint density at radius 1 is 1.00 bits per heavy atom. The third-order valence-corrected chi connectivity index (χ3v) is 5.86. The van der Waals surface area contributed by atoms with Crippen LogP contribution >= 0.6 is 0 Å². The number of aliphatic hydroxyl groups is 1. The number of hydrogen-bond donors (Lipinski definition) is 1. The van der Waals surface area contributed by atoms with E-state index in [9.17, 15) is 9.50 Å². The van der Waals surface area contributed by atoms with Gasteiger partial charge in [-0.2, -0.15) is 0 Å². The molecule has 1 saturated heterocycles. The van der Waals surface area contributed by atoms with Crippen LogP contribution in [0.1, 0.15) is 17.5 Å². The van der Waals surface area contributed by atoms with E-state index < -0.39 is 0 Å². The average molecular weight is 381 g/mol.